The van der Waals surface area contributed by atoms with Crippen LogP contribution in [0.3, 0.4) is 0 Å². The van der Waals surface area contributed by atoms with Crippen molar-refractivity contribution in [3.05, 3.63) is 53.9 Å². The van der Waals surface area contributed by atoms with Crippen molar-refractivity contribution in [1.82, 2.24) is 9.38 Å². The van der Waals surface area contributed by atoms with E-state index in [2.05, 4.69) is 52.0 Å². The highest BCUT2D eigenvalue weighted by Gasteiger charge is 2.14. The van der Waals surface area contributed by atoms with Crippen LogP contribution in [0.2, 0.25) is 0 Å². The predicted octanol–water partition coefficient (Wildman–Crippen LogP) is 3.45. The Morgan fingerprint density at radius 3 is 3.12 bits per heavy atom. The number of benzene rings is 1. The van der Waals surface area contributed by atoms with Gasteiger partial charge in [-0.3, -0.25) is 4.40 Å². The van der Waals surface area contributed by atoms with Gasteiger partial charge in [0, 0.05) is 23.3 Å². The molecule has 2 nitrogen and oxygen atoms in total. The number of rotatable bonds is 0. The lowest BCUT2D eigenvalue weighted by molar-refractivity contribution is 0.982. The number of hydrogen-bond donors (Lipinski definition) is 0. The van der Waals surface area contributed by atoms with Gasteiger partial charge in [-0.1, -0.05) is 30.4 Å². The van der Waals surface area contributed by atoms with E-state index in [-0.39, 0.29) is 0 Å². The predicted molar refractivity (Wildman–Crippen MR) is 70.1 cm³/mol. The van der Waals surface area contributed by atoms with E-state index in [9.17, 15) is 0 Å². The van der Waals surface area contributed by atoms with Crippen molar-refractivity contribution in [2.24, 2.45) is 0 Å². The molecule has 2 heteroatoms. The normalized spacial score (nSPS) is 14.4. The second kappa shape index (κ2) is 3.20. The molecule has 0 atom stereocenters. The fourth-order valence-electron chi connectivity index (χ4n) is 2.78. The lowest BCUT2D eigenvalue weighted by Crippen LogP contribution is -2.01. The second-order valence-corrected chi connectivity index (χ2v) is 4.47. The van der Waals surface area contributed by atoms with Crippen LogP contribution >= 0.6 is 0 Å². The molecule has 0 unspecified atom stereocenters. The molecule has 0 aliphatic heterocycles. The topological polar surface area (TPSA) is 17.3 Å². The van der Waals surface area contributed by atoms with Gasteiger partial charge in [0.15, 0.2) is 0 Å². The average molecular weight is 220 g/mol. The minimum absolute atomic E-state index is 1.09. The van der Waals surface area contributed by atoms with Gasteiger partial charge < -0.3 is 0 Å². The van der Waals surface area contributed by atoms with Crippen LogP contribution in [0.5, 0.6) is 0 Å². The number of allylic oxidation sites excluding steroid dienone is 1. The molecule has 17 heavy (non-hydrogen) atoms. The van der Waals surface area contributed by atoms with Crippen LogP contribution in [0.1, 0.15) is 17.5 Å². The summed E-state index contributed by atoms with van der Waals surface area (Å²) >= 11 is 0. The first kappa shape index (κ1) is 8.99. The average Bonchev–Trinajstić information content (AvgIpc) is 2.89. The summed E-state index contributed by atoms with van der Waals surface area (Å²) in [6.45, 7) is 0. The summed E-state index contributed by atoms with van der Waals surface area (Å²) < 4.78 is 2.20. The third-order valence-electron chi connectivity index (χ3n) is 3.54. The van der Waals surface area contributed by atoms with E-state index in [0.29, 0.717) is 0 Å². The zero-order valence-corrected chi connectivity index (χ0v) is 9.43. The van der Waals surface area contributed by atoms with Gasteiger partial charge in [-0.15, -0.1) is 0 Å². The molecule has 2 heterocycles. The molecule has 0 saturated heterocycles. The number of para-hydroxylation sites is 1. The summed E-state index contributed by atoms with van der Waals surface area (Å²) in [7, 11) is 0. The monoisotopic (exact) mass is 220 g/mol. The minimum atomic E-state index is 1.09. The molecule has 1 aromatic carbocycles. The number of aromatic nitrogens is 2. The van der Waals surface area contributed by atoms with E-state index in [1.807, 2.05) is 6.20 Å². The van der Waals surface area contributed by atoms with Crippen molar-refractivity contribution >= 4 is 22.6 Å². The standard InChI is InChI=1S/C15H12N2/c1-2-7-13-11(5-1)12-6-3-4-8-14(12)17-10-9-16-15(13)17/h1,3-6,8-10H,2,7H2. The van der Waals surface area contributed by atoms with Crippen molar-refractivity contribution in [1.29, 1.82) is 0 Å². The highest BCUT2D eigenvalue weighted by atomic mass is 15.0. The molecule has 0 saturated carbocycles. The zero-order chi connectivity index (χ0) is 11.2. The summed E-state index contributed by atoms with van der Waals surface area (Å²) in [5, 5.41) is 1.32. The molecule has 2 aromatic heterocycles. The second-order valence-electron chi connectivity index (χ2n) is 4.47. The largest absolute Gasteiger partial charge is 0.299 e. The van der Waals surface area contributed by atoms with Crippen LogP contribution in [0.15, 0.2) is 42.7 Å². The fraction of sp³-hybridized carbons (Fsp3) is 0.133. The van der Waals surface area contributed by atoms with Crippen LogP contribution in [0.4, 0.5) is 0 Å². The molecule has 1 aliphatic rings. The first-order valence-electron chi connectivity index (χ1n) is 5.98. The summed E-state index contributed by atoms with van der Waals surface area (Å²) in [6, 6.07) is 8.55. The number of pyridine rings is 1. The van der Waals surface area contributed by atoms with Crippen molar-refractivity contribution in [2.75, 3.05) is 0 Å². The van der Waals surface area contributed by atoms with Crippen LogP contribution in [0.25, 0.3) is 22.6 Å². The quantitative estimate of drug-likeness (QED) is 0.567. The summed E-state index contributed by atoms with van der Waals surface area (Å²) in [4.78, 5) is 4.51. The Bertz CT molecular complexity index is 750. The van der Waals surface area contributed by atoms with Gasteiger partial charge in [-0.25, -0.2) is 4.98 Å². The van der Waals surface area contributed by atoms with Crippen LogP contribution in [-0.2, 0) is 6.42 Å². The molecule has 0 radical (unpaired) electrons. The van der Waals surface area contributed by atoms with Crippen LogP contribution < -0.4 is 0 Å². The lowest BCUT2D eigenvalue weighted by Gasteiger charge is -2.15. The van der Waals surface area contributed by atoms with Gasteiger partial charge in [0.05, 0.1) is 5.52 Å². The van der Waals surface area contributed by atoms with E-state index >= 15 is 0 Å². The zero-order valence-electron chi connectivity index (χ0n) is 9.43. The smallest absolute Gasteiger partial charge is 0.141 e. The lowest BCUT2D eigenvalue weighted by atomic mass is 9.95. The highest BCUT2D eigenvalue weighted by molar-refractivity contribution is 5.93. The van der Waals surface area contributed by atoms with E-state index < -0.39 is 0 Å². The van der Waals surface area contributed by atoms with Crippen molar-refractivity contribution in [2.45, 2.75) is 12.8 Å². The third-order valence-corrected chi connectivity index (χ3v) is 3.54. The molecule has 4 rings (SSSR count). The molecule has 0 N–H and O–H groups in total. The number of hydrogen-bond acceptors (Lipinski definition) is 1. The van der Waals surface area contributed by atoms with Crippen molar-refractivity contribution in [3.63, 3.8) is 0 Å². The van der Waals surface area contributed by atoms with Crippen LogP contribution in [0, 0.1) is 0 Å². The SMILES string of the molecule is C1=Cc2c(c3nccn3c3ccccc23)CC1. The first-order chi connectivity index (χ1) is 8.45. The van der Waals surface area contributed by atoms with Gasteiger partial charge in [-0.2, -0.15) is 0 Å². The highest BCUT2D eigenvalue weighted by Crippen LogP contribution is 2.30. The molecular formula is C15H12N2. The Morgan fingerprint density at radius 1 is 1.18 bits per heavy atom. The number of nitrogens with zero attached hydrogens (tertiary/aromatic N) is 2. The van der Waals surface area contributed by atoms with Gasteiger partial charge in [0.1, 0.15) is 5.65 Å². The summed E-state index contributed by atoms with van der Waals surface area (Å²) in [5.41, 5.74) is 5.09. The van der Waals surface area contributed by atoms with Gasteiger partial charge in [-0.05, 0) is 24.5 Å². The number of imidazole rings is 1. The molecule has 3 aromatic rings. The Hall–Kier alpha value is -2.09. The summed E-state index contributed by atoms with van der Waals surface area (Å²) in [6.07, 6.45) is 10.7. The molecular weight excluding hydrogens is 208 g/mol. The van der Waals surface area contributed by atoms with E-state index in [4.69, 9.17) is 0 Å². The van der Waals surface area contributed by atoms with Gasteiger partial charge >= 0.3 is 0 Å². The Labute approximate surface area is 99.2 Å². The first-order valence-corrected chi connectivity index (χ1v) is 5.98. The molecule has 1 aliphatic carbocycles. The molecule has 0 fully saturated rings. The van der Waals surface area contributed by atoms with E-state index in [1.54, 1.807) is 0 Å². The fourth-order valence-corrected chi connectivity index (χ4v) is 2.78. The summed E-state index contributed by atoms with van der Waals surface area (Å²) in [5.74, 6) is 0. The maximum Gasteiger partial charge on any atom is 0.141 e. The molecule has 82 valence electrons. The van der Waals surface area contributed by atoms with E-state index in [0.717, 1.165) is 18.5 Å². The van der Waals surface area contributed by atoms with Crippen molar-refractivity contribution in [3.8, 4) is 0 Å². The van der Waals surface area contributed by atoms with E-state index in [1.165, 1.54) is 22.0 Å². The molecule has 0 spiro atoms. The van der Waals surface area contributed by atoms with Crippen LogP contribution in [-0.4, -0.2) is 9.38 Å². The Morgan fingerprint density at radius 2 is 2.12 bits per heavy atom. The molecule has 0 bridgehead atoms. The maximum absolute atomic E-state index is 4.51. The Kier molecular flexibility index (Phi) is 1.69. The van der Waals surface area contributed by atoms with Crippen molar-refractivity contribution < 1.29 is 0 Å². The number of fused-ring (bicyclic) bond motifs is 6. The number of aryl methyl sites for hydroxylation is 1. The maximum atomic E-state index is 4.51. The Balaban J connectivity index is 2.34. The molecule has 0 amide bonds. The van der Waals surface area contributed by atoms with Gasteiger partial charge in [0.25, 0.3) is 0 Å². The minimum Gasteiger partial charge on any atom is -0.299 e. The third kappa shape index (κ3) is 1.12. The van der Waals surface area contributed by atoms with Gasteiger partial charge in [0.2, 0.25) is 0 Å².